The van der Waals surface area contributed by atoms with Gasteiger partial charge in [-0.25, -0.2) is 0 Å². The van der Waals surface area contributed by atoms with E-state index in [4.69, 9.17) is 18.0 Å². The van der Waals surface area contributed by atoms with Crippen LogP contribution in [0.25, 0.3) is 0 Å². The molecular weight excluding hydrogens is 238 g/mol. The van der Waals surface area contributed by atoms with Gasteiger partial charge in [-0.1, -0.05) is 12.2 Å². The second kappa shape index (κ2) is 5.62. The van der Waals surface area contributed by atoms with Gasteiger partial charge in [-0.3, -0.25) is 9.48 Å². The van der Waals surface area contributed by atoms with E-state index in [2.05, 4.69) is 15.7 Å². The van der Waals surface area contributed by atoms with Crippen molar-refractivity contribution in [2.45, 2.75) is 13.8 Å². The number of nitrogens with two attached hydrogens (primary N) is 1. The van der Waals surface area contributed by atoms with Crippen LogP contribution in [0.5, 0.6) is 0 Å². The number of nitrogens with zero attached hydrogens (tertiary/aromatic N) is 2. The summed E-state index contributed by atoms with van der Waals surface area (Å²) in [5.74, 6) is 0.585. The standard InChI is InChI=1S/C10H17N5OS/c1-4-12-7(16)5-13-10-8(9(11)17)6(2)14-15(10)3/h13H,4-5H2,1-3H3,(H2,11,17)(H,12,16). The molecule has 1 aromatic rings. The van der Waals surface area contributed by atoms with Crippen molar-refractivity contribution in [3.63, 3.8) is 0 Å². The fourth-order valence-electron chi connectivity index (χ4n) is 1.58. The van der Waals surface area contributed by atoms with E-state index in [9.17, 15) is 4.79 Å². The Morgan fingerprint density at radius 2 is 2.24 bits per heavy atom. The van der Waals surface area contributed by atoms with Crippen LogP contribution in [0.3, 0.4) is 0 Å². The van der Waals surface area contributed by atoms with E-state index in [1.165, 1.54) is 0 Å². The Bertz CT molecular complexity index is 440. The number of anilines is 1. The minimum atomic E-state index is -0.0831. The minimum Gasteiger partial charge on any atom is -0.389 e. The summed E-state index contributed by atoms with van der Waals surface area (Å²) in [6, 6.07) is 0. The number of rotatable bonds is 5. The minimum absolute atomic E-state index is 0.0831. The maximum atomic E-state index is 11.3. The molecule has 0 saturated carbocycles. The van der Waals surface area contributed by atoms with E-state index < -0.39 is 0 Å². The number of carbonyl (C=O) groups is 1. The van der Waals surface area contributed by atoms with Crippen molar-refractivity contribution in [3.05, 3.63) is 11.3 Å². The van der Waals surface area contributed by atoms with E-state index in [0.29, 0.717) is 17.9 Å². The van der Waals surface area contributed by atoms with Crippen LogP contribution in [0.2, 0.25) is 0 Å². The zero-order valence-electron chi connectivity index (χ0n) is 10.2. The second-order valence-electron chi connectivity index (χ2n) is 3.60. The average molecular weight is 255 g/mol. The first-order chi connectivity index (χ1) is 7.97. The summed E-state index contributed by atoms with van der Waals surface area (Å²) in [5, 5.41) is 9.90. The predicted octanol–water partition coefficient (Wildman–Crippen LogP) is -0.0893. The number of hydrogen-bond acceptors (Lipinski definition) is 4. The molecule has 0 atom stereocenters. The van der Waals surface area contributed by atoms with Crippen LogP contribution in [0.15, 0.2) is 0 Å². The van der Waals surface area contributed by atoms with Crippen LogP contribution >= 0.6 is 12.2 Å². The first-order valence-corrected chi connectivity index (χ1v) is 5.72. The van der Waals surface area contributed by atoms with Crippen molar-refractivity contribution in [1.82, 2.24) is 15.1 Å². The van der Waals surface area contributed by atoms with Crippen molar-refractivity contribution in [2.75, 3.05) is 18.4 Å². The number of likely N-dealkylation sites (N-methyl/N-ethyl adjacent to an activating group) is 1. The highest BCUT2D eigenvalue weighted by atomic mass is 32.1. The van der Waals surface area contributed by atoms with Gasteiger partial charge in [-0.15, -0.1) is 0 Å². The van der Waals surface area contributed by atoms with E-state index >= 15 is 0 Å². The van der Waals surface area contributed by atoms with E-state index in [1.807, 2.05) is 13.8 Å². The van der Waals surface area contributed by atoms with Crippen LogP contribution in [0.1, 0.15) is 18.2 Å². The highest BCUT2D eigenvalue weighted by Gasteiger charge is 2.15. The Morgan fingerprint density at radius 1 is 1.59 bits per heavy atom. The smallest absolute Gasteiger partial charge is 0.239 e. The van der Waals surface area contributed by atoms with Gasteiger partial charge in [0.15, 0.2) is 0 Å². The third-order valence-corrected chi connectivity index (χ3v) is 2.46. The summed E-state index contributed by atoms with van der Waals surface area (Å²) in [4.78, 5) is 11.6. The molecule has 17 heavy (non-hydrogen) atoms. The van der Waals surface area contributed by atoms with Gasteiger partial charge in [0, 0.05) is 13.6 Å². The van der Waals surface area contributed by atoms with Gasteiger partial charge in [-0.2, -0.15) is 5.10 Å². The van der Waals surface area contributed by atoms with E-state index in [1.54, 1.807) is 11.7 Å². The molecule has 0 radical (unpaired) electrons. The van der Waals surface area contributed by atoms with E-state index in [-0.39, 0.29) is 17.4 Å². The van der Waals surface area contributed by atoms with Crippen molar-refractivity contribution >= 4 is 28.9 Å². The molecule has 0 aromatic carbocycles. The first-order valence-electron chi connectivity index (χ1n) is 5.31. The Hall–Kier alpha value is -1.63. The molecule has 0 fully saturated rings. The lowest BCUT2D eigenvalue weighted by Gasteiger charge is -2.08. The molecule has 0 saturated heterocycles. The molecule has 1 rings (SSSR count). The third kappa shape index (κ3) is 3.16. The lowest BCUT2D eigenvalue weighted by atomic mass is 10.2. The Balaban J connectivity index is 2.83. The molecule has 1 heterocycles. The highest BCUT2D eigenvalue weighted by molar-refractivity contribution is 7.80. The number of carbonyl (C=O) groups excluding carboxylic acids is 1. The maximum absolute atomic E-state index is 11.3. The number of nitrogens with one attached hydrogen (secondary N) is 2. The second-order valence-corrected chi connectivity index (χ2v) is 4.04. The Morgan fingerprint density at radius 3 is 2.76 bits per heavy atom. The normalized spacial score (nSPS) is 10.1. The summed E-state index contributed by atoms with van der Waals surface area (Å²) < 4.78 is 1.63. The number of aryl methyl sites for hydroxylation is 2. The number of hydrogen-bond donors (Lipinski definition) is 3. The first kappa shape index (κ1) is 13.4. The van der Waals surface area contributed by atoms with Crippen LogP contribution in [-0.2, 0) is 11.8 Å². The molecule has 0 aliphatic heterocycles. The fraction of sp³-hybridized carbons (Fsp3) is 0.500. The average Bonchev–Trinajstić information content (AvgIpc) is 2.50. The molecule has 0 unspecified atom stereocenters. The lowest BCUT2D eigenvalue weighted by Crippen LogP contribution is -2.30. The van der Waals surface area contributed by atoms with Crippen molar-refractivity contribution in [3.8, 4) is 0 Å². The van der Waals surface area contributed by atoms with Gasteiger partial charge < -0.3 is 16.4 Å². The van der Waals surface area contributed by atoms with Crippen molar-refractivity contribution in [1.29, 1.82) is 0 Å². The SMILES string of the molecule is CCNC(=O)CNc1c(C(N)=S)c(C)nn1C. The summed E-state index contributed by atoms with van der Waals surface area (Å²) in [7, 11) is 1.77. The van der Waals surface area contributed by atoms with Crippen molar-refractivity contribution < 1.29 is 4.79 Å². The zero-order chi connectivity index (χ0) is 13.0. The quantitative estimate of drug-likeness (QED) is 0.640. The number of thiocarbonyl (C=S) groups is 1. The molecule has 1 amide bonds. The van der Waals surface area contributed by atoms with Gasteiger partial charge in [0.25, 0.3) is 0 Å². The largest absolute Gasteiger partial charge is 0.389 e. The molecule has 94 valence electrons. The van der Waals surface area contributed by atoms with E-state index in [0.717, 1.165) is 5.69 Å². The fourth-order valence-corrected chi connectivity index (χ4v) is 1.82. The van der Waals surface area contributed by atoms with Gasteiger partial charge in [0.1, 0.15) is 10.8 Å². The van der Waals surface area contributed by atoms with Crippen LogP contribution in [0, 0.1) is 6.92 Å². The monoisotopic (exact) mass is 255 g/mol. The lowest BCUT2D eigenvalue weighted by molar-refractivity contribution is -0.119. The molecule has 4 N–H and O–H groups in total. The summed E-state index contributed by atoms with van der Waals surface area (Å²) in [6.07, 6.45) is 0. The highest BCUT2D eigenvalue weighted by Crippen LogP contribution is 2.17. The maximum Gasteiger partial charge on any atom is 0.239 e. The molecule has 7 heteroatoms. The van der Waals surface area contributed by atoms with Crippen LogP contribution in [0.4, 0.5) is 5.82 Å². The van der Waals surface area contributed by atoms with Crippen molar-refractivity contribution in [2.24, 2.45) is 12.8 Å². The molecule has 0 spiro atoms. The number of aromatic nitrogens is 2. The van der Waals surface area contributed by atoms with Gasteiger partial charge in [0.05, 0.1) is 17.8 Å². The van der Waals surface area contributed by atoms with Gasteiger partial charge in [-0.05, 0) is 13.8 Å². The topological polar surface area (TPSA) is 85.0 Å². The number of amides is 1. The summed E-state index contributed by atoms with van der Waals surface area (Å²) in [6.45, 7) is 4.47. The zero-order valence-corrected chi connectivity index (χ0v) is 11.0. The van der Waals surface area contributed by atoms with Gasteiger partial charge >= 0.3 is 0 Å². The molecule has 0 aliphatic rings. The predicted molar refractivity (Wildman–Crippen MR) is 71.0 cm³/mol. The third-order valence-electron chi connectivity index (χ3n) is 2.26. The molecular formula is C10H17N5OS. The molecule has 1 aromatic heterocycles. The Labute approximate surface area is 106 Å². The summed E-state index contributed by atoms with van der Waals surface area (Å²) >= 11 is 4.97. The van der Waals surface area contributed by atoms with Gasteiger partial charge in [0.2, 0.25) is 5.91 Å². The molecule has 0 bridgehead atoms. The molecule has 0 aliphatic carbocycles. The molecule has 6 nitrogen and oxygen atoms in total. The summed E-state index contributed by atoms with van der Waals surface area (Å²) in [5.41, 5.74) is 7.07. The van der Waals surface area contributed by atoms with Crippen LogP contribution in [-0.4, -0.2) is 33.8 Å². The Kier molecular flexibility index (Phi) is 4.45. The van der Waals surface area contributed by atoms with Crippen LogP contribution < -0.4 is 16.4 Å².